The Morgan fingerprint density at radius 3 is 2.50 bits per heavy atom. The van der Waals surface area contributed by atoms with Crippen LogP contribution in [0.25, 0.3) is 10.2 Å². The summed E-state index contributed by atoms with van der Waals surface area (Å²) in [5.41, 5.74) is 2.21. The van der Waals surface area contributed by atoms with Crippen LogP contribution in [0.4, 0.5) is 0 Å². The van der Waals surface area contributed by atoms with E-state index in [4.69, 9.17) is 4.74 Å². The summed E-state index contributed by atoms with van der Waals surface area (Å²) in [6.45, 7) is 2.08. The molecule has 2 aromatic carbocycles. The number of hydrogen-bond donors (Lipinski definition) is 0. The Balaban J connectivity index is 2.16. The highest BCUT2D eigenvalue weighted by Crippen LogP contribution is 2.22. The number of aromatic nitrogens is 1. The van der Waals surface area contributed by atoms with Gasteiger partial charge in [-0.1, -0.05) is 30.4 Å². The van der Waals surface area contributed by atoms with Crippen LogP contribution in [0, 0.1) is 0 Å². The first kappa shape index (κ1) is 16.7. The highest BCUT2D eigenvalue weighted by atomic mass is 32.2. The molecule has 0 aliphatic heterocycles. The molecule has 3 rings (SSSR count). The Bertz CT molecular complexity index is 1050. The molecule has 0 bridgehead atoms. The van der Waals surface area contributed by atoms with E-state index >= 15 is 0 Å². The van der Waals surface area contributed by atoms with E-state index in [1.165, 1.54) is 36.1 Å². The largest absolute Gasteiger partial charge is 0.497 e. The van der Waals surface area contributed by atoms with Crippen molar-refractivity contribution in [1.82, 2.24) is 4.57 Å². The molecule has 0 spiro atoms. The summed E-state index contributed by atoms with van der Waals surface area (Å²) in [5.74, 6) is 0.606. The third-order valence-corrected chi connectivity index (χ3v) is 6.34. The van der Waals surface area contributed by atoms with Gasteiger partial charge in [-0.2, -0.15) is 8.42 Å². The monoisotopic (exact) mass is 362 g/mol. The second kappa shape index (κ2) is 6.41. The molecule has 0 saturated carbocycles. The highest BCUT2D eigenvalue weighted by molar-refractivity contribution is 7.90. The van der Waals surface area contributed by atoms with Gasteiger partial charge in [0.05, 0.1) is 22.2 Å². The first-order chi connectivity index (χ1) is 11.5. The van der Waals surface area contributed by atoms with Crippen molar-refractivity contribution in [3.05, 3.63) is 52.8 Å². The molecular weight excluding hydrogens is 344 g/mol. The quantitative estimate of drug-likeness (QED) is 0.716. The van der Waals surface area contributed by atoms with Crippen LogP contribution in [0.3, 0.4) is 0 Å². The lowest BCUT2D eigenvalue weighted by Gasteiger charge is -2.03. The number of nitrogens with zero attached hydrogens (tertiary/aromatic N) is 2. The van der Waals surface area contributed by atoms with E-state index in [-0.39, 0.29) is 4.90 Å². The molecule has 0 amide bonds. The summed E-state index contributed by atoms with van der Waals surface area (Å²) in [7, 11) is -0.383. The first-order valence-electron chi connectivity index (χ1n) is 7.48. The van der Waals surface area contributed by atoms with Crippen molar-refractivity contribution >= 4 is 31.6 Å². The molecule has 24 heavy (non-hydrogen) atoms. The lowest BCUT2D eigenvalue weighted by molar-refractivity contribution is 0.414. The van der Waals surface area contributed by atoms with E-state index in [1.807, 2.05) is 23.7 Å². The maximum atomic E-state index is 12.6. The zero-order chi connectivity index (χ0) is 17.3. The smallest absolute Gasteiger partial charge is 0.285 e. The summed E-state index contributed by atoms with van der Waals surface area (Å²) in [5, 5.41) is 0. The lowest BCUT2D eigenvalue weighted by atomic mass is 10.1. The van der Waals surface area contributed by atoms with Crippen LogP contribution >= 0.6 is 11.3 Å². The topological polar surface area (TPSA) is 60.7 Å². The van der Waals surface area contributed by atoms with Gasteiger partial charge >= 0.3 is 0 Å². The van der Waals surface area contributed by atoms with Crippen LogP contribution in [0.15, 0.2) is 51.8 Å². The van der Waals surface area contributed by atoms with E-state index in [1.54, 1.807) is 12.1 Å². The predicted octanol–water partition coefficient (Wildman–Crippen LogP) is 3.10. The van der Waals surface area contributed by atoms with E-state index < -0.39 is 10.0 Å². The maximum absolute atomic E-state index is 12.6. The van der Waals surface area contributed by atoms with Crippen LogP contribution in [0.1, 0.15) is 12.5 Å². The molecule has 126 valence electrons. The minimum Gasteiger partial charge on any atom is -0.497 e. The summed E-state index contributed by atoms with van der Waals surface area (Å²) in [6.07, 6.45) is 0.882. The summed E-state index contributed by atoms with van der Waals surface area (Å²) >= 11 is 1.38. The molecule has 0 unspecified atom stereocenters. The number of thiazole rings is 1. The number of para-hydroxylation sites is 1. The molecular formula is C17H18N2O3S2. The average Bonchev–Trinajstić information content (AvgIpc) is 2.90. The number of rotatable bonds is 4. The second-order valence-electron chi connectivity index (χ2n) is 5.30. The molecule has 0 aliphatic carbocycles. The maximum Gasteiger partial charge on any atom is 0.285 e. The first-order valence-corrected chi connectivity index (χ1v) is 9.74. The fourth-order valence-corrected chi connectivity index (χ4v) is 4.85. The van der Waals surface area contributed by atoms with Gasteiger partial charge in [0, 0.05) is 7.05 Å². The van der Waals surface area contributed by atoms with Gasteiger partial charge in [-0.05, 0) is 42.3 Å². The van der Waals surface area contributed by atoms with Crippen molar-refractivity contribution in [3.8, 4) is 5.75 Å². The van der Waals surface area contributed by atoms with Crippen LogP contribution in [-0.4, -0.2) is 20.1 Å². The number of aryl methyl sites for hydroxylation is 2. The van der Waals surface area contributed by atoms with E-state index in [0.29, 0.717) is 10.6 Å². The Morgan fingerprint density at radius 1 is 1.17 bits per heavy atom. The Labute approximate surface area is 144 Å². The third-order valence-electron chi connectivity index (χ3n) is 3.84. The minimum absolute atomic E-state index is 0.150. The number of sulfonamides is 1. The van der Waals surface area contributed by atoms with Gasteiger partial charge in [0.2, 0.25) is 4.80 Å². The van der Waals surface area contributed by atoms with Gasteiger partial charge in [0.15, 0.2) is 0 Å². The zero-order valence-corrected chi connectivity index (χ0v) is 15.3. The number of hydrogen-bond acceptors (Lipinski definition) is 4. The van der Waals surface area contributed by atoms with Gasteiger partial charge in [-0.25, -0.2) is 0 Å². The van der Waals surface area contributed by atoms with E-state index in [9.17, 15) is 8.42 Å². The predicted molar refractivity (Wildman–Crippen MR) is 95.9 cm³/mol. The fourth-order valence-electron chi connectivity index (χ4n) is 2.56. The fraction of sp³-hybridized carbons (Fsp3) is 0.235. The second-order valence-corrected chi connectivity index (χ2v) is 7.92. The van der Waals surface area contributed by atoms with Crippen molar-refractivity contribution in [2.24, 2.45) is 11.4 Å². The van der Waals surface area contributed by atoms with Gasteiger partial charge in [0.1, 0.15) is 5.75 Å². The molecule has 0 saturated heterocycles. The van der Waals surface area contributed by atoms with Crippen LogP contribution in [0.5, 0.6) is 5.75 Å². The van der Waals surface area contributed by atoms with Crippen LogP contribution in [0.2, 0.25) is 0 Å². The molecule has 0 radical (unpaired) electrons. The SMILES string of the molecule is CCc1cccc2sc(=NS(=O)(=O)c3ccc(OC)cc3)n(C)c12. The summed E-state index contributed by atoms with van der Waals surface area (Å²) in [4.78, 5) is 0.609. The van der Waals surface area contributed by atoms with Crippen molar-refractivity contribution in [2.45, 2.75) is 18.2 Å². The molecule has 3 aromatic rings. The Morgan fingerprint density at radius 2 is 1.88 bits per heavy atom. The normalized spacial score (nSPS) is 12.7. The third kappa shape index (κ3) is 2.97. The van der Waals surface area contributed by atoms with E-state index in [2.05, 4.69) is 17.4 Å². The summed E-state index contributed by atoms with van der Waals surface area (Å²) < 4.78 is 37.1. The van der Waals surface area contributed by atoms with Crippen molar-refractivity contribution in [1.29, 1.82) is 0 Å². The molecule has 0 fully saturated rings. The minimum atomic E-state index is -3.77. The molecule has 1 aromatic heterocycles. The molecule has 0 N–H and O–H groups in total. The Kier molecular flexibility index (Phi) is 4.47. The average molecular weight is 362 g/mol. The summed E-state index contributed by atoms with van der Waals surface area (Å²) in [6, 6.07) is 12.3. The lowest BCUT2D eigenvalue weighted by Crippen LogP contribution is -2.14. The van der Waals surface area contributed by atoms with Gasteiger partial charge in [-0.15, -0.1) is 4.40 Å². The van der Waals surface area contributed by atoms with Crippen LogP contribution < -0.4 is 9.54 Å². The number of benzene rings is 2. The number of methoxy groups -OCH3 is 1. The zero-order valence-electron chi connectivity index (χ0n) is 13.7. The van der Waals surface area contributed by atoms with Crippen molar-refractivity contribution in [2.75, 3.05) is 7.11 Å². The number of ether oxygens (including phenoxy) is 1. The van der Waals surface area contributed by atoms with Crippen molar-refractivity contribution < 1.29 is 13.2 Å². The molecule has 0 aliphatic rings. The number of fused-ring (bicyclic) bond motifs is 1. The Hall–Kier alpha value is -2.12. The van der Waals surface area contributed by atoms with Gasteiger partial charge in [0.25, 0.3) is 10.0 Å². The standard InChI is InChI=1S/C17H18N2O3S2/c1-4-12-6-5-7-15-16(12)19(2)17(23-15)18-24(20,21)14-10-8-13(22-3)9-11-14/h5-11H,4H2,1-3H3. The molecule has 7 heteroatoms. The van der Waals surface area contributed by atoms with Gasteiger partial charge < -0.3 is 9.30 Å². The van der Waals surface area contributed by atoms with Crippen LogP contribution in [-0.2, 0) is 23.5 Å². The van der Waals surface area contributed by atoms with Crippen molar-refractivity contribution in [3.63, 3.8) is 0 Å². The highest BCUT2D eigenvalue weighted by Gasteiger charge is 2.14. The van der Waals surface area contributed by atoms with Gasteiger partial charge in [-0.3, -0.25) is 0 Å². The molecule has 0 atom stereocenters. The van der Waals surface area contributed by atoms with E-state index in [0.717, 1.165) is 16.6 Å². The molecule has 1 heterocycles. The molecule has 5 nitrogen and oxygen atoms in total.